The van der Waals surface area contributed by atoms with Gasteiger partial charge < -0.3 is 9.32 Å². The summed E-state index contributed by atoms with van der Waals surface area (Å²) in [5, 5.41) is 3.59. The maximum absolute atomic E-state index is 13.5. The van der Waals surface area contributed by atoms with E-state index in [1.165, 1.54) is 4.31 Å². The second-order valence-corrected chi connectivity index (χ2v) is 10.6. The number of nitrogens with one attached hydrogen (secondary N) is 1. The van der Waals surface area contributed by atoms with Gasteiger partial charge >= 0.3 is 0 Å². The van der Waals surface area contributed by atoms with Crippen LogP contribution in [0.5, 0.6) is 0 Å². The van der Waals surface area contributed by atoms with Crippen LogP contribution in [0.4, 0.5) is 0 Å². The van der Waals surface area contributed by atoms with Gasteiger partial charge in [0.2, 0.25) is 15.9 Å². The molecule has 33 heavy (non-hydrogen) atoms. The second kappa shape index (κ2) is 8.78. The summed E-state index contributed by atoms with van der Waals surface area (Å²) in [5.74, 6) is 0.735. The number of hydrogen-bond acceptors (Lipinski definition) is 5. The van der Waals surface area contributed by atoms with Gasteiger partial charge in [-0.05, 0) is 49.1 Å². The number of carbonyl (C=O) groups excluding carboxylic acids is 1. The smallest absolute Gasteiger partial charge is 0.243 e. The highest BCUT2D eigenvalue weighted by Gasteiger charge is 2.52. The highest BCUT2D eigenvalue weighted by molar-refractivity contribution is 7.89. The first-order valence-electron chi connectivity index (χ1n) is 11.2. The average Bonchev–Trinajstić information content (AvgIpc) is 3.44. The van der Waals surface area contributed by atoms with Crippen LogP contribution in [0.2, 0.25) is 0 Å². The first-order valence-corrected chi connectivity index (χ1v) is 12.6. The van der Waals surface area contributed by atoms with Crippen molar-refractivity contribution >= 4 is 15.9 Å². The van der Waals surface area contributed by atoms with E-state index in [1.54, 1.807) is 36.6 Å². The number of nitrogens with zero attached hydrogens (tertiary/aromatic N) is 2. The van der Waals surface area contributed by atoms with Crippen LogP contribution < -0.4 is 5.32 Å². The number of carbonyl (C=O) groups is 1. The van der Waals surface area contributed by atoms with Gasteiger partial charge in [0.05, 0.1) is 29.4 Å². The molecule has 1 spiro atoms. The maximum Gasteiger partial charge on any atom is 0.243 e. The van der Waals surface area contributed by atoms with Gasteiger partial charge in [0.25, 0.3) is 0 Å². The lowest BCUT2D eigenvalue weighted by molar-refractivity contribution is -0.134. The largest absolute Gasteiger partial charge is 0.467 e. The molecule has 1 amide bonds. The van der Waals surface area contributed by atoms with Crippen molar-refractivity contribution in [3.8, 4) is 0 Å². The Morgan fingerprint density at radius 3 is 2.24 bits per heavy atom. The van der Waals surface area contributed by atoms with Crippen LogP contribution in [0.1, 0.15) is 24.2 Å². The molecule has 2 fully saturated rings. The molecule has 172 valence electrons. The maximum atomic E-state index is 13.5. The van der Waals surface area contributed by atoms with Crippen LogP contribution in [0.3, 0.4) is 0 Å². The minimum absolute atomic E-state index is 0.0228. The molecule has 1 aromatic heterocycles. The molecule has 1 atom stereocenters. The first kappa shape index (κ1) is 21.9. The van der Waals surface area contributed by atoms with Gasteiger partial charge in [0.15, 0.2) is 0 Å². The van der Waals surface area contributed by atoms with Gasteiger partial charge in [-0.3, -0.25) is 10.1 Å². The zero-order chi connectivity index (χ0) is 22.9. The molecule has 0 unspecified atom stereocenters. The van der Waals surface area contributed by atoms with Crippen LogP contribution in [-0.4, -0.2) is 48.3 Å². The summed E-state index contributed by atoms with van der Waals surface area (Å²) in [7, 11) is -3.57. The van der Waals surface area contributed by atoms with Crippen LogP contribution in [-0.2, 0) is 27.8 Å². The molecule has 7 nitrogen and oxygen atoms in total. The second-order valence-electron chi connectivity index (χ2n) is 8.64. The molecule has 2 aromatic carbocycles. The van der Waals surface area contributed by atoms with E-state index in [1.807, 2.05) is 47.4 Å². The van der Waals surface area contributed by atoms with Crippen LogP contribution >= 0.6 is 0 Å². The van der Waals surface area contributed by atoms with E-state index in [9.17, 15) is 13.2 Å². The number of amides is 1. The Morgan fingerprint density at radius 2 is 1.61 bits per heavy atom. The fraction of sp³-hybridized carbons (Fsp3) is 0.320. The van der Waals surface area contributed by atoms with Crippen LogP contribution in [0.25, 0.3) is 0 Å². The molecule has 2 aliphatic rings. The monoisotopic (exact) mass is 465 g/mol. The third kappa shape index (κ3) is 4.21. The van der Waals surface area contributed by atoms with E-state index < -0.39 is 15.7 Å². The van der Waals surface area contributed by atoms with Gasteiger partial charge in [-0.1, -0.05) is 48.5 Å². The van der Waals surface area contributed by atoms with Crippen molar-refractivity contribution in [3.63, 3.8) is 0 Å². The summed E-state index contributed by atoms with van der Waals surface area (Å²) in [6, 6.07) is 21.8. The Balaban J connectivity index is 1.38. The molecule has 0 radical (unpaired) electrons. The van der Waals surface area contributed by atoms with Crippen molar-refractivity contribution in [3.05, 3.63) is 90.4 Å². The Kier molecular flexibility index (Phi) is 5.82. The van der Waals surface area contributed by atoms with Gasteiger partial charge in [0, 0.05) is 13.1 Å². The van der Waals surface area contributed by atoms with Crippen LogP contribution in [0, 0.1) is 0 Å². The van der Waals surface area contributed by atoms with Crippen molar-refractivity contribution in [1.82, 2.24) is 14.5 Å². The average molecular weight is 466 g/mol. The van der Waals surface area contributed by atoms with Gasteiger partial charge in [0.1, 0.15) is 5.76 Å². The number of furan rings is 1. The van der Waals surface area contributed by atoms with Crippen molar-refractivity contribution in [2.45, 2.75) is 42.4 Å². The molecule has 2 aliphatic heterocycles. The number of piperidine rings is 1. The van der Waals surface area contributed by atoms with E-state index in [4.69, 9.17) is 4.42 Å². The van der Waals surface area contributed by atoms with Crippen molar-refractivity contribution in [2.75, 3.05) is 13.1 Å². The zero-order valence-corrected chi connectivity index (χ0v) is 19.1. The highest BCUT2D eigenvalue weighted by Crippen LogP contribution is 2.36. The lowest BCUT2D eigenvalue weighted by atomic mass is 9.97. The summed E-state index contributed by atoms with van der Waals surface area (Å²) in [5.41, 5.74) is 0.480. The third-order valence-electron chi connectivity index (χ3n) is 6.63. The summed E-state index contributed by atoms with van der Waals surface area (Å²) in [6.45, 7) is 1.03. The third-order valence-corrected chi connectivity index (χ3v) is 8.54. The van der Waals surface area contributed by atoms with Crippen molar-refractivity contribution in [1.29, 1.82) is 0 Å². The minimum atomic E-state index is -3.57. The summed E-state index contributed by atoms with van der Waals surface area (Å²) in [6.07, 6.45) is 3.21. The number of rotatable bonds is 6. The topological polar surface area (TPSA) is 82.9 Å². The van der Waals surface area contributed by atoms with Gasteiger partial charge in [-0.15, -0.1) is 0 Å². The Hall–Kier alpha value is -2.94. The van der Waals surface area contributed by atoms with E-state index >= 15 is 0 Å². The first-order chi connectivity index (χ1) is 16.0. The molecule has 5 rings (SSSR count). The normalized spacial score (nSPS) is 21.0. The molecular weight excluding hydrogens is 438 g/mol. The number of hydrogen-bond donors (Lipinski definition) is 1. The molecule has 0 bridgehead atoms. The number of sulfonamides is 1. The van der Waals surface area contributed by atoms with E-state index in [-0.39, 0.29) is 11.9 Å². The van der Waals surface area contributed by atoms with E-state index in [0.717, 1.165) is 5.56 Å². The lowest BCUT2D eigenvalue weighted by Crippen LogP contribution is -2.59. The van der Waals surface area contributed by atoms with E-state index in [0.29, 0.717) is 49.6 Å². The van der Waals surface area contributed by atoms with Crippen LogP contribution in [0.15, 0.2) is 88.4 Å². The predicted molar refractivity (Wildman–Crippen MR) is 123 cm³/mol. The standard InChI is InChI=1S/C25H27N3O4S/c29-24-23(18-20-8-3-1-4-9-20)26-25(28(24)19-21-10-7-17-32-21)13-15-27(16-14-25)33(30,31)22-11-5-2-6-12-22/h1-12,17,23,26H,13-16,18-19H2/t23-/m0/s1. The summed E-state index contributed by atoms with van der Waals surface area (Å²) < 4.78 is 33.3. The Morgan fingerprint density at radius 1 is 0.939 bits per heavy atom. The van der Waals surface area contributed by atoms with E-state index in [2.05, 4.69) is 5.32 Å². The molecule has 2 saturated heterocycles. The summed E-state index contributed by atoms with van der Waals surface area (Å²) >= 11 is 0. The summed E-state index contributed by atoms with van der Waals surface area (Å²) in [4.78, 5) is 15.6. The highest BCUT2D eigenvalue weighted by atomic mass is 32.2. The van der Waals surface area contributed by atoms with Crippen molar-refractivity contribution in [2.24, 2.45) is 0 Å². The fourth-order valence-electron chi connectivity index (χ4n) is 4.89. The Labute approximate surface area is 194 Å². The Bertz CT molecular complexity index is 1190. The SMILES string of the molecule is O=C1[C@H](Cc2ccccc2)NC2(CCN(S(=O)(=O)c3ccccc3)CC2)N1Cc1ccco1. The fourth-order valence-corrected chi connectivity index (χ4v) is 6.35. The van der Waals surface area contributed by atoms with Crippen molar-refractivity contribution < 1.29 is 17.6 Å². The molecule has 0 saturated carbocycles. The molecule has 3 heterocycles. The molecule has 8 heteroatoms. The van der Waals surface area contributed by atoms with Gasteiger partial charge in [-0.25, -0.2) is 8.42 Å². The zero-order valence-electron chi connectivity index (χ0n) is 18.3. The molecular formula is C25H27N3O4S. The number of benzene rings is 2. The quantitative estimate of drug-likeness (QED) is 0.605. The molecule has 0 aliphatic carbocycles. The molecule has 1 N–H and O–H groups in total. The predicted octanol–water partition coefficient (Wildman–Crippen LogP) is 3.00. The lowest BCUT2D eigenvalue weighted by Gasteiger charge is -2.44. The van der Waals surface area contributed by atoms with Gasteiger partial charge in [-0.2, -0.15) is 4.31 Å². The minimum Gasteiger partial charge on any atom is -0.467 e. The molecule has 3 aromatic rings.